The molecule has 2 aliphatic rings. The molecule has 0 aromatic carbocycles. The molecule has 3 unspecified atom stereocenters. The van der Waals surface area contributed by atoms with E-state index in [4.69, 9.17) is 4.74 Å². The second-order valence-corrected chi connectivity index (χ2v) is 4.55. The van der Waals surface area contributed by atoms with Crippen molar-refractivity contribution in [3.63, 3.8) is 0 Å². The summed E-state index contributed by atoms with van der Waals surface area (Å²) in [6.45, 7) is 1.95. The molecule has 0 heterocycles. The predicted molar refractivity (Wildman–Crippen MR) is 47.0 cm³/mol. The maximum absolute atomic E-state index is 10.7. The van der Waals surface area contributed by atoms with Gasteiger partial charge >= 0.3 is 5.97 Å². The summed E-state index contributed by atoms with van der Waals surface area (Å²) in [6, 6.07) is 0. The van der Waals surface area contributed by atoms with Crippen LogP contribution in [0.25, 0.3) is 0 Å². The molecule has 2 bridgehead atoms. The van der Waals surface area contributed by atoms with Crippen LogP contribution in [0.4, 0.5) is 0 Å². The molecule has 2 aliphatic carbocycles. The molecule has 0 amide bonds. The van der Waals surface area contributed by atoms with E-state index in [0.717, 1.165) is 25.7 Å². The van der Waals surface area contributed by atoms with E-state index in [0.29, 0.717) is 12.5 Å². The fourth-order valence-electron chi connectivity index (χ4n) is 2.82. The molecule has 0 spiro atoms. The van der Waals surface area contributed by atoms with E-state index in [-0.39, 0.29) is 17.5 Å². The van der Waals surface area contributed by atoms with Gasteiger partial charge in [0.1, 0.15) is 0 Å². The normalized spacial score (nSPS) is 42.3. The Hall–Kier alpha value is -0.570. The zero-order valence-electron chi connectivity index (χ0n) is 7.95. The van der Waals surface area contributed by atoms with Gasteiger partial charge in [0, 0.05) is 12.3 Å². The molecule has 2 saturated carbocycles. The van der Waals surface area contributed by atoms with Gasteiger partial charge in [-0.15, -0.1) is 0 Å². The van der Waals surface area contributed by atoms with E-state index in [2.05, 4.69) is 0 Å². The molecule has 3 heteroatoms. The van der Waals surface area contributed by atoms with Crippen LogP contribution in [0, 0.1) is 11.3 Å². The van der Waals surface area contributed by atoms with Crippen LogP contribution in [0.3, 0.4) is 0 Å². The zero-order valence-corrected chi connectivity index (χ0v) is 7.95. The number of aliphatic hydroxyl groups is 1. The molecule has 3 nitrogen and oxygen atoms in total. The molecule has 74 valence electrons. The minimum absolute atomic E-state index is 0.121. The number of esters is 1. The molecule has 0 saturated heterocycles. The number of carbonyl (C=O) groups excluding carboxylic acids is 1. The average molecular weight is 184 g/mol. The Labute approximate surface area is 78.1 Å². The quantitative estimate of drug-likeness (QED) is 0.654. The first-order chi connectivity index (χ1) is 6.11. The highest BCUT2D eigenvalue weighted by molar-refractivity contribution is 5.65. The van der Waals surface area contributed by atoms with Crippen molar-refractivity contribution in [2.24, 2.45) is 11.3 Å². The van der Waals surface area contributed by atoms with Crippen molar-refractivity contribution in [1.82, 2.24) is 0 Å². The molecule has 13 heavy (non-hydrogen) atoms. The molecule has 0 aromatic heterocycles. The topological polar surface area (TPSA) is 46.5 Å². The molecule has 3 atom stereocenters. The van der Waals surface area contributed by atoms with Crippen molar-refractivity contribution in [2.75, 3.05) is 6.61 Å². The Morgan fingerprint density at radius 1 is 1.62 bits per heavy atom. The fraction of sp³-hybridized carbons (Fsp3) is 0.900. The minimum Gasteiger partial charge on any atom is -0.465 e. The monoisotopic (exact) mass is 184 g/mol. The summed E-state index contributed by atoms with van der Waals surface area (Å²) in [5.74, 6) is 0.259. The summed E-state index contributed by atoms with van der Waals surface area (Å²) in [5, 5.41) is 9.61. The van der Waals surface area contributed by atoms with E-state index < -0.39 is 0 Å². The summed E-state index contributed by atoms with van der Waals surface area (Å²) in [4.78, 5) is 10.7. The average Bonchev–Trinajstić information content (AvgIpc) is 2.58. The number of ether oxygens (including phenoxy) is 1. The van der Waals surface area contributed by atoms with Gasteiger partial charge in [0.2, 0.25) is 0 Å². The first-order valence-electron chi connectivity index (χ1n) is 4.93. The lowest BCUT2D eigenvalue weighted by Gasteiger charge is -2.27. The lowest BCUT2D eigenvalue weighted by molar-refractivity contribution is -0.144. The first kappa shape index (κ1) is 9.00. The van der Waals surface area contributed by atoms with Gasteiger partial charge < -0.3 is 9.84 Å². The highest BCUT2D eigenvalue weighted by atomic mass is 16.5. The van der Waals surface area contributed by atoms with Crippen LogP contribution in [-0.4, -0.2) is 23.8 Å². The third-order valence-corrected chi connectivity index (χ3v) is 3.51. The molecule has 0 radical (unpaired) electrons. The number of carbonyl (C=O) groups is 1. The summed E-state index contributed by atoms with van der Waals surface area (Å²) in [5.41, 5.74) is 0.121. The summed E-state index contributed by atoms with van der Waals surface area (Å²) < 4.78 is 5.04. The third kappa shape index (κ3) is 1.57. The van der Waals surface area contributed by atoms with Gasteiger partial charge in [-0.3, -0.25) is 4.79 Å². The van der Waals surface area contributed by atoms with E-state index in [9.17, 15) is 9.90 Å². The molecule has 0 aliphatic heterocycles. The number of aliphatic hydroxyl groups excluding tert-OH is 1. The van der Waals surface area contributed by atoms with Gasteiger partial charge in [0.25, 0.3) is 0 Å². The van der Waals surface area contributed by atoms with Crippen LogP contribution in [-0.2, 0) is 9.53 Å². The van der Waals surface area contributed by atoms with E-state index >= 15 is 0 Å². The van der Waals surface area contributed by atoms with Crippen molar-refractivity contribution < 1.29 is 14.6 Å². The van der Waals surface area contributed by atoms with Gasteiger partial charge in [0.05, 0.1) is 12.7 Å². The van der Waals surface area contributed by atoms with Crippen molar-refractivity contribution >= 4 is 5.97 Å². The summed E-state index contributed by atoms with van der Waals surface area (Å²) in [6.07, 6.45) is 3.93. The van der Waals surface area contributed by atoms with E-state index in [1.807, 2.05) is 0 Å². The Morgan fingerprint density at radius 3 is 2.85 bits per heavy atom. The lowest BCUT2D eigenvalue weighted by atomic mass is 9.84. The maximum Gasteiger partial charge on any atom is 0.302 e. The standard InChI is InChI=1S/C10H16O3/c1-7(11)13-6-10-3-2-8(4-10)9(12)5-10/h8-9,12H,2-6H2,1H3. The summed E-state index contributed by atoms with van der Waals surface area (Å²) >= 11 is 0. The third-order valence-electron chi connectivity index (χ3n) is 3.51. The lowest BCUT2D eigenvalue weighted by Crippen LogP contribution is -2.26. The van der Waals surface area contributed by atoms with Crippen LogP contribution in [0.1, 0.15) is 32.6 Å². The van der Waals surface area contributed by atoms with Gasteiger partial charge in [-0.2, -0.15) is 0 Å². The van der Waals surface area contributed by atoms with Gasteiger partial charge in [-0.1, -0.05) is 0 Å². The van der Waals surface area contributed by atoms with Crippen LogP contribution < -0.4 is 0 Å². The van der Waals surface area contributed by atoms with Crippen molar-refractivity contribution in [1.29, 1.82) is 0 Å². The number of fused-ring (bicyclic) bond motifs is 2. The molecular formula is C10H16O3. The number of hydrogen-bond donors (Lipinski definition) is 1. The molecule has 1 N–H and O–H groups in total. The maximum atomic E-state index is 10.7. The Morgan fingerprint density at radius 2 is 2.38 bits per heavy atom. The Kier molecular flexibility index (Phi) is 2.06. The van der Waals surface area contributed by atoms with Gasteiger partial charge in [0.15, 0.2) is 0 Å². The highest BCUT2D eigenvalue weighted by Gasteiger charge is 2.50. The van der Waals surface area contributed by atoms with Crippen LogP contribution in [0.15, 0.2) is 0 Å². The molecular weight excluding hydrogens is 168 g/mol. The second-order valence-electron chi connectivity index (χ2n) is 4.55. The zero-order chi connectivity index (χ0) is 9.47. The Balaban J connectivity index is 1.94. The molecule has 0 aromatic rings. The minimum atomic E-state index is -0.209. The smallest absolute Gasteiger partial charge is 0.302 e. The van der Waals surface area contributed by atoms with Crippen molar-refractivity contribution in [3.05, 3.63) is 0 Å². The van der Waals surface area contributed by atoms with Crippen LogP contribution in [0.5, 0.6) is 0 Å². The molecule has 2 rings (SSSR count). The van der Waals surface area contributed by atoms with E-state index in [1.54, 1.807) is 0 Å². The summed E-state index contributed by atoms with van der Waals surface area (Å²) in [7, 11) is 0. The second kappa shape index (κ2) is 2.98. The van der Waals surface area contributed by atoms with Gasteiger partial charge in [-0.25, -0.2) is 0 Å². The van der Waals surface area contributed by atoms with Gasteiger partial charge in [-0.05, 0) is 31.6 Å². The number of hydrogen-bond acceptors (Lipinski definition) is 3. The predicted octanol–water partition coefficient (Wildman–Crippen LogP) is 1.10. The van der Waals surface area contributed by atoms with Crippen LogP contribution >= 0.6 is 0 Å². The number of rotatable bonds is 2. The SMILES string of the molecule is CC(=O)OCC12CCC(C1)C(O)C2. The molecule has 2 fully saturated rings. The highest BCUT2D eigenvalue weighted by Crippen LogP contribution is 2.54. The van der Waals surface area contributed by atoms with Crippen molar-refractivity contribution in [2.45, 2.75) is 38.7 Å². The first-order valence-corrected chi connectivity index (χ1v) is 4.93. The Bertz CT molecular complexity index is 222. The fourth-order valence-corrected chi connectivity index (χ4v) is 2.82. The largest absolute Gasteiger partial charge is 0.465 e. The van der Waals surface area contributed by atoms with Crippen LogP contribution in [0.2, 0.25) is 0 Å². The van der Waals surface area contributed by atoms with Crippen molar-refractivity contribution in [3.8, 4) is 0 Å². The van der Waals surface area contributed by atoms with E-state index in [1.165, 1.54) is 6.92 Å².